The van der Waals surface area contributed by atoms with Crippen LogP contribution in [0.2, 0.25) is 0 Å². The molecule has 0 spiro atoms. The Balaban J connectivity index is 0.000000269. The first kappa shape index (κ1) is 38.3. The van der Waals surface area contributed by atoms with E-state index in [0.29, 0.717) is 0 Å². The second kappa shape index (κ2) is 25.8. The molecule has 7 rings (SSSR count). The zero-order valence-electron chi connectivity index (χ0n) is 27.9. The third-order valence-corrected chi connectivity index (χ3v) is 5.21. The van der Waals surface area contributed by atoms with E-state index in [0.717, 1.165) is 11.3 Å². The molecule has 240 valence electrons. The highest BCUT2D eigenvalue weighted by molar-refractivity contribution is 5.12. The van der Waals surface area contributed by atoms with Crippen molar-refractivity contribution in [1.82, 2.24) is 39.3 Å². The molecule has 7 aromatic rings. The van der Waals surface area contributed by atoms with E-state index in [-0.39, 0.29) is 0 Å². The van der Waals surface area contributed by atoms with E-state index < -0.39 is 0 Å². The number of imidazole rings is 1. The van der Waals surface area contributed by atoms with Gasteiger partial charge in [0.05, 0.1) is 12.5 Å². The number of aromatic nitrogens is 8. The Morgan fingerprint density at radius 2 is 1.09 bits per heavy atom. The average molecular weight is 619 g/mol. The summed E-state index contributed by atoms with van der Waals surface area (Å²) in [4.78, 5) is 18.9. The van der Waals surface area contributed by atoms with Crippen molar-refractivity contribution in [3.63, 3.8) is 0 Å². The van der Waals surface area contributed by atoms with E-state index >= 15 is 0 Å². The van der Waals surface area contributed by atoms with Gasteiger partial charge < -0.3 is 8.98 Å². The Hall–Kier alpha value is -5.70. The fourth-order valence-corrected chi connectivity index (χ4v) is 2.84. The van der Waals surface area contributed by atoms with Crippen molar-refractivity contribution in [2.45, 2.75) is 34.6 Å². The maximum Gasteiger partial charge on any atom is 0.180 e. The predicted octanol–water partition coefficient (Wildman–Crippen LogP) is 7.99. The van der Waals surface area contributed by atoms with Gasteiger partial charge in [-0.25, -0.2) is 19.9 Å². The van der Waals surface area contributed by atoms with Crippen LogP contribution >= 0.6 is 0 Å². The highest BCUT2D eigenvalue weighted by atomic mass is 16.3. The molecular weight excluding hydrogens is 572 g/mol. The third-order valence-electron chi connectivity index (χ3n) is 5.21. The number of aryl methyl sites for hydroxylation is 7. The van der Waals surface area contributed by atoms with Crippen LogP contribution < -0.4 is 0 Å². The minimum atomic E-state index is 0.856. The zero-order valence-corrected chi connectivity index (χ0v) is 27.9. The Morgan fingerprint density at radius 1 is 0.500 bits per heavy atom. The summed E-state index contributed by atoms with van der Waals surface area (Å²) in [5.41, 5.74) is 4.95. The van der Waals surface area contributed by atoms with Crippen LogP contribution in [0.25, 0.3) is 0 Å². The average Bonchev–Trinajstić information content (AvgIpc) is 3.86. The summed E-state index contributed by atoms with van der Waals surface area (Å²) in [6.07, 6.45) is 20.8. The van der Waals surface area contributed by atoms with Gasteiger partial charge in [-0.3, -0.25) is 9.67 Å². The van der Waals surface area contributed by atoms with Crippen molar-refractivity contribution in [3.8, 4) is 0 Å². The van der Waals surface area contributed by atoms with Crippen LogP contribution in [0.1, 0.15) is 28.0 Å². The summed E-state index contributed by atoms with van der Waals surface area (Å²) in [5, 5.41) is 3.83. The maximum absolute atomic E-state index is 4.72. The van der Waals surface area contributed by atoms with Gasteiger partial charge >= 0.3 is 0 Å². The lowest BCUT2D eigenvalue weighted by molar-refractivity contribution is 0.527. The Kier molecular flexibility index (Phi) is 21.5. The fourth-order valence-electron chi connectivity index (χ4n) is 2.84. The van der Waals surface area contributed by atoms with Crippen molar-refractivity contribution < 1.29 is 4.42 Å². The van der Waals surface area contributed by atoms with Crippen LogP contribution in [-0.2, 0) is 14.1 Å². The molecule has 0 N–H and O–H groups in total. The second-order valence-electron chi connectivity index (χ2n) is 9.78. The molecule has 0 saturated heterocycles. The zero-order chi connectivity index (χ0) is 33.7. The van der Waals surface area contributed by atoms with Crippen LogP contribution in [0.4, 0.5) is 0 Å². The van der Waals surface area contributed by atoms with Crippen LogP contribution in [0, 0.1) is 34.6 Å². The summed E-state index contributed by atoms with van der Waals surface area (Å²) >= 11 is 0. The van der Waals surface area contributed by atoms with Gasteiger partial charge in [-0.2, -0.15) is 5.10 Å². The first-order chi connectivity index (χ1) is 22.3. The van der Waals surface area contributed by atoms with E-state index in [4.69, 9.17) is 4.42 Å². The molecule has 0 radical (unpaired) electrons. The van der Waals surface area contributed by atoms with Crippen LogP contribution in [0.5, 0.6) is 0 Å². The summed E-state index contributed by atoms with van der Waals surface area (Å²) in [6, 6.07) is 26.4. The first-order valence-corrected chi connectivity index (χ1v) is 14.6. The minimum absolute atomic E-state index is 0.856. The van der Waals surface area contributed by atoms with Gasteiger partial charge in [0.15, 0.2) is 6.39 Å². The van der Waals surface area contributed by atoms with Crippen molar-refractivity contribution in [2.75, 3.05) is 0 Å². The fraction of sp³-hybridized carbons (Fsp3) is 0.189. The van der Waals surface area contributed by atoms with E-state index in [9.17, 15) is 0 Å². The molecule has 0 atom stereocenters. The standard InChI is InChI=1S/2C7H8.C6H7N.C5H6N2.2C4H6N2.C4H5NO/c2*1-7-5-3-2-4-6-7;1-6-3-2-4-7-5-6;1-5-2-6-4-7-3-5;1-6-3-2-5-4-6;1-6-4-2-3-5-6;1-4-2-5-3-6-4/h2*2-6H,1H3;2-5H,1H3;2-4H,1H3;2*2-4H,1H3;2-3H,1H3. The molecule has 9 heteroatoms. The Bertz CT molecular complexity index is 1330. The summed E-state index contributed by atoms with van der Waals surface area (Å²) in [6.45, 7) is 10.0. The molecule has 0 aliphatic rings. The normalized spacial score (nSPS) is 8.76. The number of hydrogen-bond donors (Lipinski definition) is 0. The SMILES string of the molecule is Cc1ccccc1.Cc1ccccc1.Cc1cccnc1.Cc1cncnc1.Cc1cnco1.Cn1cccn1.Cn1ccnc1. The molecule has 9 nitrogen and oxygen atoms in total. The summed E-state index contributed by atoms with van der Waals surface area (Å²) in [5.74, 6) is 0.856. The topological polar surface area (TPSA) is 100 Å². The number of pyridine rings is 1. The molecule has 0 fully saturated rings. The second-order valence-corrected chi connectivity index (χ2v) is 9.78. The molecule has 5 heterocycles. The van der Waals surface area contributed by atoms with Crippen molar-refractivity contribution in [1.29, 1.82) is 0 Å². The van der Waals surface area contributed by atoms with Crippen molar-refractivity contribution in [2.24, 2.45) is 14.1 Å². The molecule has 0 aliphatic heterocycles. The Labute approximate surface area is 273 Å². The maximum atomic E-state index is 4.72. The van der Waals surface area contributed by atoms with Gasteiger partial charge in [-0.05, 0) is 57.9 Å². The molecule has 5 aromatic heterocycles. The van der Waals surface area contributed by atoms with Crippen LogP contribution in [0.15, 0.2) is 158 Å². The molecule has 0 aliphatic carbocycles. The third kappa shape index (κ3) is 23.8. The summed E-state index contributed by atoms with van der Waals surface area (Å²) < 4.78 is 8.36. The molecule has 0 amide bonds. The lowest BCUT2D eigenvalue weighted by Crippen LogP contribution is -1.83. The van der Waals surface area contributed by atoms with Crippen LogP contribution in [0.3, 0.4) is 0 Å². The van der Waals surface area contributed by atoms with E-state index in [2.05, 4.69) is 68.1 Å². The van der Waals surface area contributed by atoms with Gasteiger partial charge in [0.2, 0.25) is 0 Å². The van der Waals surface area contributed by atoms with Gasteiger partial charge in [0.1, 0.15) is 12.1 Å². The lowest BCUT2D eigenvalue weighted by atomic mass is 10.2. The number of oxazole rings is 1. The molecule has 0 unspecified atom stereocenters. The molecule has 0 saturated carbocycles. The van der Waals surface area contributed by atoms with Gasteiger partial charge in [-0.1, -0.05) is 77.9 Å². The quantitative estimate of drug-likeness (QED) is 0.170. The number of rotatable bonds is 0. The Morgan fingerprint density at radius 3 is 1.28 bits per heavy atom. The van der Waals surface area contributed by atoms with Gasteiger partial charge in [0, 0.05) is 63.7 Å². The number of nitrogens with zero attached hydrogens (tertiary/aromatic N) is 8. The smallest absolute Gasteiger partial charge is 0.180 e. The highest BCUT2D eigenvalue weighted by Crippen LogP contribution is 1.93. The first-order valence-electron chi connectivity index (χ1n) is 14.6. The molecular formula is C37H46N8O. The van der Waals surface area contributed by atoms with Crippen molar-refractivity contribution >= 4 is 0 Å². The van der Waals surface area contributed by atoms with Gasteiger partial charge in [0.25, 0.3) is 0 Å². The largest absolute Gasteiger partial charge is 0.449 e. The lowest BCUT2D eigenvalue weighted by Gasteiger charge is -1.82. The molecule has 0 bridgehead atoms. The predicted molar refractivity (Wildman–Crippen MR) is 186 cm³/mol. The van der Waals surface area contributed by atoms with E-state index in [1.807, 2.05) is 113 Å². The molecule has 2 aromatic carbocycles. The van der Waals surface area contributed by atoms with Gasteiger partial charge in [-0.15, -0.1) is 0 Å². The highest BCUT2D eigenvalue weighted by Gasteiger charge is 1.78. The van der Waals surface area contributed by atoms with E-state index in [1.54, 1.807) is 48.2 Å². The molecule has 46 heavy (non-hydrogen) atoms. The minimum Gasteiger partial charge on any atom is -0.449 e. The number of hydrogen-bond acceptors (Lipinski definition) is 7. The number of benzene rings is 2. The monoisotopic (exact) mass is 618 g/mol. The van der Waals surface area contributed by atoms with Crippen molar-refractivity contribution in [3.05, 3.63) is 182 Å². The van der Waals surface area contributed by atoms with Crippen LogP contribution in [-0.4, -0.2) is 39.3 Å². The van der Waals surface area contributed by atoms with E-state index in [1.165, 1.54) is 29.4 Å². The summed E-state index contributed by atoms with van der Waals surface area (Å²) in [7, 11) is 3.83.